The SMILES string of the molecule is CO[C@]1(C)O[C@@H]([C@@H]2CN(c3ccc4c(c3)NC(=O)CS4)C(=O)O2)[C@H](CN)O[C@@]1(C)OC. The normalized spacial score (nSPS) is 35.5. The van der Waals surface area contributed by atoms with Crippen LogP contribution in [0.1, 0.15) is 13.8 Å². The molecule has 0 spiro atoms. The van der Waals surface area contributed by atoms with Crippen molar-refractivity contribution in [3.63, 3.8) is 0 Å². The molecule has 4 rings (SSSR count). The minimum atomic E-state index is -1.24. The topological polar surface area (TPSA) is 122 Å². The fourth-order valence-electron chi connectivity index (χ4n) is 3.98. The number of carbonyl (C=O) groups excluding carboxylic acids is 2. The largest absolute Gasteiger partial charge is 0.441 e. The molecule has 2 saturated heterocycles. The summed E-state index contributed by atoms with van der Waals surface area (Å²) in [5, 5.41) is 2.83. The number of carbonyl (C=O) groups is 2. The van der Waals surface area contributed by atoms with E-state index in [1.165, 1.54) is 30.9 Å². The Morgan fingerprint density at radius 2 is 1.94 bits per heavy atom. The molecule has 0 unspecified atom stereocenters. The van der Waals surface area contributed by atoms with Gasteiger partial charge in [-0.1, -0.05) is 0 Å². The predicted molar refractivity (Wildman–Crippen MR) is 113 cm³/mol. The molecule has 170 valence electrons. The van der Waals surface area contributed by atoms with Crippen LogP contribution < -0.4 is 16.0 Å². The van der Waals surface area contributed by atoms with Crippen LogP contribution in [0.5, 0.6) is 0 Å². The smallest absolute Gasteiger partial charge is 0.414 e. The van der Waals surface area contributed by atoms with E-state index in [0.717, 1.165) is 4.90 Å². The molecule has 5 atom stereocenters. The molecule has 3 aliphatic heterocycles. The molecule has 0 aliphatic carbocycles. The second-order valence-electron chi connectivity index (χ2n) is 7.82. The number of hydrogen-bond acceptors (Lipinski definition) is 9. The fourth-order valence-corrected chi connectivity index (χ4v) is 4.76. The third-order valence-corrected chi connectivity index (χ3v) is 7.12. The van der Waals surface area contributed by atoms with Gasteiger partial charge in [0.1, 0.15) is 12.2 Å². The van der Waals surface area contributed by atoms with Crippen LogP contribution in [0.3, 0.4) is 0 Å². The Kier molecular flexibility index (Phi) is 5.92. The summed E-state index contributed by atoms with van der Waals surface area (Å²) < 4.78 is 29.1. The predicted octanol–water partition coefficient (Wildman–Crippen LogP) is 1.52. The third kappa shape index (κ3) is 3.79. The van der Waals surface area contributed by atoms with Gasteiger partial charge in [0.25, 0.3) is 0 Å². The summed E-state index contributed by atoms with van der Waals surface area (Å²) in [6.45, 7) is 3.78. The Morgan fingerprint density at radius 1 is 1.23 bits per heavy atom. The van der Waals surface area contributed by atoms with E-state index in [0.29, 0.717) is 17.1 Å². The standard InChI is InChI=1S/C20H27N3O7S/c1-19(26-3)20(2,27-4)30-17(13(8-21)29-19)14-9-23(18(25)28-14)11-5-6-15-12(7-11)22-16(24)10-31-15/h5-7,13-14,17H,8-10,21H2,1-4H3,(H,22,24)/t13-,14-,17+,19+,20+/m0/s1. The number of nitrogens with two attached hydrogens (primary N) is 1. The van der Waals surface area contributed by atoms with Crippen LogP contribution in [0.4, 0.5) is 16.2 Å². The van der Waals surface area contributed by atoms with Crippen LogP contribution in [0.25, 0.3) is 0 Å². The molecular weight excluding hydrogens is 426 g/mol. The van der Waals surface area contributed by atoms with Crippen molar-refractivity contribution >= 4 is 35.1 Å². The molecule has 3 aliphatic rings. The average molecular weight is 454 g/mol. The summed E-state index contributed by atoms with van der Waals surface area (Å²) in [5.74, 6) is -2.14. The Labute approximate surface area is 184 Å². The molecule has 1 aromatic carbocycles. The first-order valence-electron chi connectivity index (χ1n) is 9.94. The third-order valence-electron chi connectivity index (χ3n) is 6.05. The van der Waals surface area contributed by atoms with Crippen molar-refractivity contribution in [2.24, 2.45) is 5.73 Å². The number of nitrogens with zero attached hydrogens (tertiary/aromatic N) is 1. The lowest BCUT2D eigenvalue weighted by Gasteiger charge is -2.52. The second-order valence-corrected chi connectivity index (χ2v) is 8.84. The summed E-state index contributed by atoms with van der Waals surface area (Å²) in [4.78, 5) is 26.9. The van der Waals surface area contributed by atoms with Gasteiger partial charge in [-0.15, -0.1) is 11.8 Å². The summed E-state index contributed by atoms with van der Waals surface area (Å²) in [6.07, 6.45) is -2.40. The van der Waals surface area contributed by atoms with E-state index in [-0.39, 0.29) is 19.0 Å². The van der Waals surface area contributed by atoms with Crippen molar-refractivity contribution in [2.45, 2.75) is 48.6 Å². The van der Waals surface area contributed by atoms with Gasteiger partial charge in [0.2, 0.25) is 17.5 Å². The summed E-state index contributed by atoms with van der Waals surface area (Å²) >= 11 is 1.46. The molecule has 31 heavy (non-hydrogen) atoms. The Morgan fingerprint density at radius 3 is 2.61 bits per heavy atom. The number of ether oxygens (including phenoxy) is 5. The Hall–Kier alpha value is -1.89. The number of anilines is 2. The van der Waals surface area contributed by atoms with Crippen molar-refractivity contribution in [2.75, 3.05) is 43.3 Å². The zero-order valence-electron chi connectivity index (χ0n) is 17.9. The summed E-state index contributed by atoms with van der Waals surface area (Å²) in [5.41, 5.74) is 7.23. The van der Waals surface area contributed by atoms with Crippen molar-refractivity contribution in [1.29, 1.82) is 0 Å². The van der Waals surface area contributed by atoms with Crippen molar-refractivity contribution < 1.29 is 33.3 Å². The molecule has 0 radical (unpaired) electrons. The van der Waals surface area contributed by atoms with E-state index >= 15 is 0 Å². The lowest BCUT2D eigenvalue weighted by atomic mass is 10.00. The lowest BCUT2D eigenvalue weighted by molar-refractivity contribution is -0.451. The molecule has 11 heteroatoms. The van der Waals surface area contributed by atoms with E-state index in [9.17, 15) is 9.59 Å². The van der Waals surface area contributed by atoms with E-state index in [1.807, 2.05) is 12.1 Å². The van der Waals surface area contributed by atoms with Crippen LogP contribution >= 0.6 is 11.8 Å². The van der Waals surface area contributed by atoms with Gasteiger partial charge in [-0.2, -0.15) is 0 Å². The van der Waals surface area contributed by atoms with Gasteiger partial charge in [0, 0.05) is 31.3 Å². The Balaban J connectivity index is 1.56. The van der Waals surface area contributed by atoms with Crippen LogP contribution in [0, 0.1) is 0 Å². The van der Waals surface area contributed by atoms with E-state index in [1.54, 1.807) is 19.9 Å². The fraction of sp³-hybridized carbons (Fsp3) is 0.600. The zero-order valence-corrected chi connectivity index (χ0v) is 18.7. The molecule has 1 aromatic rings. The van der Waals surface area contributed by atoms with Crippen LogP contribution in [-0.2, 0) is 28.5 Å². The van der Waals surface area contributed by atoms with Gasteiger partial charge in [-0.3, -0.25) is 9.69 Å². The number of hydrogen-bond donors (Lipinski definition) is 2. The highest BCUT2D eigenvalue weighted by Gasteiger charge is 2.59. The van der Waals surface area contributed by atoms with Gasteiger partial charge in [0.05, 0.1) is 18.0 Å². The number of fused-ring (bicyclic) bond motifs is 1. The van der Waals surface area contributed by atoms with Crippen LogP contribution in [0.15, 0.2) is 23.1 Å². The highest BCUT2D eigenvalue weighted by Crippen LogP contribution is 2.42. The first-order valence-corrected chi connectivity index (χ1v) is 10.9. The van der Waals surface area contributed by atoms with Gasteiger partial charge in [0.15, 0.2) is 6.10 Å². The molecule has 2 amide bonds. The van der Waals surface area contributed by atoms with E-state index in [4.69, 9.17) is 29.4 Å². The first-order chi connectivity index (χ1) is 14.7. The highest BCUT2D eigenvalue weighted by atomic mass is 32.2. The lowest BCUT2D eigenvalue weighted by Crippen LogP contribution is -2.68. The zero-order chi connectivity index (χ0) is 22.4. The quantitative estimate of drug-likeness (QED) is 0.683. The number of methoxy groups -OCH3 is 2. The minimum Gasteiger partial charge on any atom is -0.441 e. The molecule has 0 saturated carbocycles. The minimum absolute atomic E-state index is 0.0740. The van der Waals surface area contributed by atoms with Crippen molar-refractivity contribution in [3.8, 4) is 0 Å². The summed E-state index contributed by atoms with van der Waals surface area (Å²) in [6, 6.07) is 5.47. The first kappa shape index (κ1) is 22.3. The molecule has 0 bridgehead atoms. The number of thioether (sulfide) groups is 1. The molecule has 0 aromatic heterocycles. The second kappa shape index (κ2) is 8.23. The molecular formula is C20H27N3O7S. The molecule has 3 N–H and O–H groups in total. The van der Waals surface area contributed by atoms with Gasteiger partial charge in [-0.25, -0.2) is 4.79 Å². The monoisotopic (exact) mass is 453 g/mol. The maximum atomic E-state index is 12.7. The van der Waals surface area contributed by atoms with Crippen molar-refractivity contribution in [3.05, 3.63) is 18.2 Å². The van der Waals surface area contributed by atoms with Gasteiger partial charge in [-0.05, 0) is 32.0 Å². The van der Waals surface area contributed by atoms with E-state index in [2.05, 4.69) is 5.32 Å². The number of nitrogens with one attached hydrogen (secondary N) is 1. The number of cyclic esters (lactones) is 1. The number of rotatable bonds is 5. The van der Waals surface area contributed by atoms with Crippen molar-refractivity contribution in [1.82, 2.24) is 0 Å². The molecule has 2 fully saturated rings. The number of amides is 2. The van der Waals surface area contributed by atoms with E-state index < -0.39 is 36.0 Å². The molecule has 10 nitrogen and oxygen atoms in total. The summed E-state index contributed by atoms with van der Waals surface area (Å²) in [7, 11) is 2.99. The average Bonchev–Trinajstić information content (AvgIpc) is 3.16. The highest BCUT2D eigenvalue weighted by molar-refractivity contribution is 8.00. The maximum Gasteiger partial charge on any atom is 0.414 e. The van der Waals surface area contributed by atoms with Crippen LogP contribution in [0.2, 0.25) is 0 Å². The van der Waals surface area contributed by atoms with Gasteiger partial charge < -0.3 is 34.7 Å². The van der Waals surface area contributed by atoms with Crippen LogP contribution in [-0.4, -0.2) is 74.9 Å². The maximum absolute atomic E-state index is 12.7. The van der Waals surface area contributed by atoms with Gasteiger partial charge >= 0.3 is 6.09 Å². The number of benzene rings is 1. The Bertz CT molecular complexity index is 886. The molecule has 3 heterocycles.